The average Bonchev–Trinajstić information content (AvgIpc) is 3.62. The lowest BCUT2D eigenvalue weighted by Crippen LogP contribution is -2.18. The number of likely N-dealkylation sites (tertiary alicyclic amines) is 1. The van der Waals surface area contributed by atoms with Crippen LogP contribution in [-0.2, 0) is 11.3 Å². The molecule has 2 aromatic carbocycles. The summed E-state index contributed by atoms with van der Waals surface area (Å²) in [5.74, 6) is 1.24. The molecule has 5 rings (SSSR count). The zero-order valence-electron chi connectivity index (χ0n) is 19.4. The third-order valence-corrected chi connectivity index (χ3v) is 6.84. The molecular formula is C27H25N3O5S. The number of carbonyl (C=O) groups is 2. The molecule has 0 bridgehead atoms. The summed E-state index contributed by atoms with van der Waals surface area (Å²) >= 11 is 1.57. The zero-order valence-corrected chi connectivity index (χ0v) is 20.2. The first kappa shape index (κ1) is 23.7. The van der Waals surface area contributed by atoms with Gasteiger partial charge in [0.2, 0.25) is 12.7 Å². The van der Waals surface area contributed by atoms with Gasteiger partial charge in [-0.25, -0.2) is 4.79 Å². The summed E-state index contributed by atoms with van der Waals surface area (Å²) in [6.45, 7) is 2.86. The van der Waals surface area contributed by atoms with Crippen LogP contribution in [0, 0.1) is 0 Å². The number of hydrogen-bond donors (Lipinski definition) is 3. The van der Waals surface area contributed by atoms with E-state index in [1.54, 1.807) is 29.5 Å². The van der Waals surface area contributed by atoms with Crippen molar-refractivity contribution in [2.45, 2.75) is 13.0 Å². The van der Waals surface area contributed by atoms with E-state index in [1.165, 1.54) is 17.2 Å². The van der Waals surface area contributed by atoms with Crippen molar-refractivity contribution in [2.75, 3.05) is 30.5 Å². The number of ether oxygens (including phenoxy) is 2. The molecule has 2 amide bonds. The van der Waals surface area contributed by atoms with Gasteiger partial charge < -0.3 is 19.9 Å². The Bertz CT molecular complexity index is 1330. The number of thiophene rings is 1. The van der Waals surface area contributed by atoms with Crippen LogP contribution in [0.25, 0.3) is 10.4 Å². The van der Waals surface area contributed by atoms with Gasteiger partial charge in [0.1, 0.15) is 0 Å². The van der Waals surface area contributed by atoms with Gasteiger partial charge in [0, 0.05) is 30.6 Å². The zero-order chi connectivity index (χ0) is 24.9. The highest BCUT2D eigenvalue weighted by atomic mass is 32.1. The number of nitrogens with zero attached hydrogens (tertiary/aromatic N) is 1. The van der Waals surface area contributed by atoms with Gasteiger partial charge >= 0.3 is 6.09 Å². The van der Waals surface area contributed by atoms with Crippen LogP contribution in [0.5, 0.6) is 11.5 Å². The Morgan fingerprint density at radius 3 is 2.78 bits per heavy atom. The first-order valence-corrected chi connectivity index (χ1v) is 12.4. The maximum Gasteiger partial charge on any atom is 0.409 e. The Morgan fingerprint density at radius 1 is 1.06 bits per heavy atom. The Hall–Kier alpha value is -4.08. The van der Waals surface area contributed by atoms with E-state index in [-0.39, 0.29) is 12.7 Å². The van der Waals surface area contributed by atoms with E-state index >= 15 is 0 Å². The van der Waals surface area contributed by atoms with Crippen LogP contribution in [0.4, 0.5) is 16.2 Å². The van der Waals surface area contributed by atoms with E-state index < -0.39 is 6.09 Å². The fourth-order valence-electron chi connectivity index (χ4n) is 4.23. The standard InChI is InChI=1S/C27H25N3O5S/c31-26(28-22-14-20(25-4-2-12-36-25)7-8-21(22)29-27(32)33)5-1-3-18-10-11-30(15-18)16-19-6-9-23-24(13-19)35-17-34-23/h1-9,12-14,29H,10-11,15-17H2,(H,28,31)(H,32,33)/b5-1+,18-3+. The van der Waals surface area contributed by atoms with Gasteiger partial charge in [0.15, 0.2) is 11.5 Å². The Morgan fingerprint density at radius 2 is 1.94 bits per heavy atom. The molecule has 1 fully saturated rings. The highest BCUT2D eigenvalue weighted by molar-refractivity contribution is 7.13. The number of carboxylic acid groups (broad SMARTS) is 1. The second-order valence-electron chi connectivity index (χ2n) is 8.49. The van der Waals surface area contributed by atoms with Crippen molar-refractivity contribution in [3.05, 3.63) is 83.3 Å². The lowest BCUT2D eigenvalue weighted by atomic mass is 10.1. The number of fused-ring (bicyclic) bond motifs is 1. The molecule has 3 aromatic rings. The second kappa shape index (κ2) is 10.7. The summed E-state index contributed by atoms with van der Waals surface area (Å²) in [4.78, 5) is 27.1. The van der Waals surface area contributed by atoms with Crippen molar-refractivity contribution in [3.8, 4) is 21.9 Å². The maximum atomic E-state index is 12.6. The van der Waals surface area contributed by atoms with E-state index in [1.807, 2.05) is 41.8 Å². The van der Waals surface area contributed by atoms with Gasteiger partial charge in [-0.1, -0.05) is 35.9 Å². The topological polar surface area (TPSA) is 100 Å². The van der Waals surface area contributed by atoms with Crippen molar-refractivity contribution < 1.29 is 24.2 Å². The summed E-state index contributed by atoms with van der Waals surface area (Å²) in [6, 6.07) is 15.2. The van der Waals surface area contributed by atoms with Crippen LogP contribution in [-0.4, -0.2) is 41.9 Å². The number of amides is 2. The number of nitrogens with one attached hydrogen (secondary N) is 2. The van der Waals surface area contributed by atoms with E-state index in [0.29, 0.717) is 11.4 Å². The lowest BCUT2D eigenvalue weighted by Gasteiger charge is -2.14. The van der Waals surface area contributed by atoms with Gasteiger partial charge in [0.25, 0.3) is 0 Å². The second-order valence-corrected chi connectivity index (χ2v) is 9.44. The quantitative estimate of drug-likeness (QED) is 0.365. The molecule has 0 aliphatic carbocycles. The van der Waals surface area contributed by atoms with E-state index in [4.69, 9.17) is 14.6 Å². The van der Waals surface area contributed by atoms with Crippen molar-refractivity contribution >= 4 is 34.7 Å². The largest absolute Gasteiger partial charge is 0.465 e. The van der Waals surface area contributed by atoms with Crippen LogP contribution in [0.2, 0.25) is 0 Å². The van der Waals surface area contributed by atoms with Gasteiger partial charge in [0.05, 0.1) is 11.4 Å². The molecule has 2 aliphatic rings. The van der Waals surface area contributed by atoms with Crippen molar-refractivity contribution in [1.29, 1.82) is 0 Å². The predicted octanol–water partition coefficient (Wildman–Crippen LogP) is 5.56. The first-order valence-electron chi connectivity index (χ1n) is 11.5. The molecule has 3 heterocycles. The normalized spacial score (nSPS) is 16.1. The Kier molecular flexibility index (Phi) is 7.01. The summed E-state index contributed by atoms with van der Waals surface area (Å²) in [7, 11) is 0. The predicted molar refractivity (Wildman–Crippen MR) is 140 cm³/mol. The van der Waals surface area contributed by atoms with Crippen molar-refractivity contribution in [3.63, 3.8) is 0 Å². The molecular weight excluding hydrogens is 478 g/mol. The van der Waals surface area contributed by atoms with Crippen LogP contribution in [0.15, 0.2) is 77.7 Å². The number of benzene rings is 2. The molecule has 0 radical (unpaired) electrons. The summed E-state index contributed by atoms with van der Waals surface area (Å²) in [6.07, 6.45) is 4.91. The summed E-state index contributed by atoms with van der Waals surface area (Å²) < 4.78 is 10.8. The molecule has 1 aromatic heterocycles. The fraction of sp³-hybridized carbons (Fsp3) is 0.185. The maximum absolute atomic E-state index is 12.6. The molecule has 2 aliphatic heterocycles. The van der Waals surface area contributed by atoms with Crippen LogP contribution < -0.4 is 20.1 Å². The third-order valence-electron chi connectivity index (χ3n) is 5.92. The minimum Gasteiger partial charge on any atom is -0.465 e. The molecule has 184 valence electrons. The fourth-order valence-corrected chi connectivity index (χ4v) is 4.95. The number of allylic oxidation sites excluding steroid dienone is 2. The van der Waals surface area contributed by atoms with Crippen LogP contribution >= 0.6 is 11.3 Å². The molecule has 0 atom stereocenters. The SMILES string of the molecule is O=C(O)Nc1ccc(-c2cccs2)cc1NC(=O)/C=C/C=C1\CCN(Cc2ccc3c(c2)OCO3)C1. The monoisotopic (exact) mass is 503 g/mol. The van der Waals surface area contributed by atoms with Crippen LogP contribution in [0.3, 0.4) is 0 Å². The van der Waals surface area contributed by atoms with E-state index in [2.05, 4.69) is 21.6 Å². The number of hydrogen-bond acceptors (Lipinski definition) is 6. The smallest absolute Gasteiger partial charge is 0.409 e. The molecule has 9 heteroatoms. The minimum absolute atomic E-state index is 0.271. The van der Waals surface area contributed by atoms with Gasteiger partial charge in [-0.05, 0) is 53.3 Å². The minimum atomic E-state index is -1.19. The average molecular weight is 504 g/mol. The molecule has 0 saturated carbocycles. The molecule has 3 N–H and O–H groups in total. The highest BCUT2D eigenvalue weighted by Gasteiger charge is 2.18. The molecule has 1 saturated heterocycles. The van der Waals surface area contributed by atoms with Crippen molar-refractivity contribution in [1.82, 2.24) is 4.90 Å². The van der Waals surface area contributed by atoms with Gasteiger partial charge in [-0.3, -0.25) is 15.0 Å². The lowest BCUT2D eigenvalue weighted by molar-refractivity contribution is -0.111. The highest BCUT2D eigenvalue weighted by Crippen LogP contribution is 2.34. The van der Waals surface area contributed by atoms with Gasteiger partial charge in [-0.2, -0.15) is 0 Å². The Balaban J connectivity index is 1.19. The molecule has 36 heavy (non-hydrogen) atoms. The number of rotatable bonds is 7. The molecule has 0 spiro atoms. The number of anilines is 2. The molecule has 8 nitrogen and oxygen atoms in total. The van der Waals surface area contributed by atoms with Crippen LogP contribution in [0.1, 0.15) is 12.0 Å². The molecule has 0 unspecified atom stereocenters. The number of carbonyl (C=O) groups excluding carboxylic acids is 1. The van der Waals surface area contributed by atoms with E-state index in [9.17, 15) is 9.59 Å². The Labute approximate surface area is 212 Å². The van der Waals surface area contributed by atoms with Crippen molar-refractivity contribution in [2.24, 2.45) is 0 Å². The van der Waals surface area contributed by atoms with Gasteiger partial charge in [-0.15, -0.1) is 11.3 Å². The van der Waals surface area contributed by atoms with E-state index in [0.717, 1.165) is 48.0 Å². The summed E-state index contributed by atoms with van der Waals surface area (Å²) in [5.41, 5.74) is 4.04. The third kappa shape index (κ3) is 5.76. The first-order chi connectivity index (χ1) is 17.5. The summed E-state index contributed by atoms with van der Waals surface area (Å²) in [5, 5.41) is 16.2.